The minimum absolute atomic E-state index is 0.00926. The van der Waals surface area contributed by atoms with Crippen LogP contribution in [-0.2, 0) is 14.4 Å². The number of Topliss-reactive ketones (excluding diaryl/α,β-unsaturated/α-hetero) is 1. The zero-order valence-electron chi connectivity index (χ0n) is 8.46. The molecule has 0 atom stereocenters. The predicted molar refractivity (Wildman–Crippen MR) is 51.7 cm³/mol. The van der Waals surface area contributed by atoms with Gasteiger partial charge in [0.25, 0.3) is 0 Å². The molecule has 0 saturated heterocycles. The quantitative estimate of drug-likeness (QED) is 0.464. The number of hydrogen-bond acceptors (Lipinski definition) is 3. The molecule has 1 aliphatic rings. The van der Waals surface area contributed by atoms with Crippen LogP contribution in [0.4, 0.5) is 0 Å². The molecular formula is C11H12O3. The monoisotopic (exact) mass is 192 g/mol. The summed E-state index contributed by atoms with van der Waals surface area (Å²) in [6.45, 7) is 5.14. The van der Waals surface area contributed by atoms with Crippen molar-refractivity contribution in [1.82, 2.24) is 0 Å². The van der Waals surface area contributed by atoms with Crippen LogP contribution in [0.2, 0.25) is 0 Å². The highest BCUT2D eigenvalue weighted by atomic mass is 16.2. The van der Waals surface area contributed by atoms with Gasteiger partial charge in [0, 0.05) is 11.5 Å². The van der Waals surface area contributed by atoms with Gasteiger partial charge in [-0.05, 0) is 12.2 Å². The van der Waals surface area contributed by atoms with E-state index in [2.05, 4.69) is 0 Å². The number of carbonyl (C=O) groups is 3. The molecule has 0 amide bonds. The van der Waals surface area contributed by atoms with Gasteiger partial charge in [0.1, 0.15) is 0 Å². The first-order valence-corrected chi connectivity index (χ1v) is 4.35. The first-order chi connectivity index (χ1) is 6.32. The van der Waals surface area contributed by atoms with Crippen LogP contribution in [0.1, 0.15) is 20.8 Å². The molecule has 0 aliphatic heterocycles. The maximum absolute atomic E-state index is 11.7. The zero-order chi connectivity index (χ0) is 10.9. The SMILES string of the molecule is CC(C)(C)C(=O)C1=CC(=O)C=CC1=O. The first-order valence-electron chi connectivity index (χ1n) is 4.35. The molecule has 0 aromatic carbocycles. The van der Waals surface area contributed by atoms with E-state index in [9.17, 15) is 14.4 Å². The van der Waals surface area contributed by atoms with Crippen molar-refractivity contribution in [2.75, 3.05) is 0 Å². The molecular weight excluding hydrogens is 180 g/mol. The summed E-state index contributed by atoms with van der Waals surface area (Å²) in [5.41, 5.74) is -0.641. The molecule has 3 heteroatoms. The number of hydrogen-bond donors (Lipinski definition) is 0. The normalized spacial score (nSPS) is 16.9. The van der Waals surface area contributed by atoms with Crippen LogP contribution >= 0.6 is 0 Å². The van der Waals surface area contributed by atoms with E-state index in [1.165, 1.54) is 6.08 Å². The zero-order valence-corrected chi connectivity index (χ0v) is 8.46. The summed E-state index contributed by atoms with van der Waals surface area (Å²) in [6.07, 6.45) is 3.42. The van der Waals surface area contributed by atoms with Crippen molar-refractivity contribution in [3.8, 4) is 0 Å². The summed E-state index contributed by atoms with van der Waals surface area (Å²) >= 11 is 0. The van der Waals surface area contributed by atoms with Gasteiger partial charge < -0.3 is 0 Å². The maximum Gasteiger partial charge on any atom is 0.189 e. The molecule has 14 heavy (non-hydrogen) atoms. The van der Waals surface area contributed by atoms with Gasteiger partial charge in [-0.25, -0.2) is 0 Å². The second-order valence-electron chi connectivity index (χ2n) is 4.24. The van der Waals surface area contributed by atoms with Crippen LogP contribution < -0.4 is 0 Å². The van der Waals surface area contributed by atoms with Crippen molar-refractivity contribution in [3.05, 3.63) is 23.8 Å². The second kappa shape index (κ2) is 3.33. The Morgan fingerprint density at radius 3 is 2.21 bits per heavy atom. The molecule has 0 aromatic rings. The minimum atomic E-state index is -0.632. The van der Waals surface area contributed by atoms with Gasteiger partial charge in [-0.1, -0.05) is 20.8 Å². The fraction of sp³-hybridized carbons (Fsp3) is 0.364. The van der Waals surface area contributed by atoms with Crippen molar-refractivity contribution in [1.29, 1.82) is 0 Å². The van der Waals surface area contributed by atoms with Crippen molar-refractivity contribution >= 4 is 17.3 Å². The standard InChI is InChI=1S/C11H12O3/c1-11(2,3)10(14)8-6-7(12)4-5-9(8)13/h4-6H,1-3H3. The molecule has 0 heterocycles. The minimum Gasteiger partial charge on any atom is -0.293 e. The Kier molecular flexibility index (Phi) is 2.51. The fourth-order valence-corrected chi connectivity index (χ4v) is 1.09. The van der Waals surface area contributed by atoms with E-state index in [1.807, 2.05) is 0 Å². The highest BCUT2D eigenvalue weighted by molar-refractivity contribution is 6.31. The second-order valence-corrected chi connectivity index (χ2v) is 4.24. The predicted octanol–water partition coefficient (Wildman–Crippen LogP) is 1.24. The smallest absolute Gasteiger partial charge is 0.189 e. The lowest BCUT2D eigenvalue weighted by Gasteiger charge is -2.18. The lowest BCUT2D eigenvalue weighted by Crippen LogP contribution is -2.27. The summed E-state index contributed by atoms with van der Waals surface area (Å²) in [7, 11) is 0. The van der Waals surface area contributed by atoms with E-state index in [0.29, 0.717) is 0 Å². The van der Waals surface area contributed by atoms with Gasteiger partial charge in [-0.3, -0.25) is 14.4 Å². The summed E-state index contributed by atoms with van der Waals surface area (Å²) in [6, 6.07) is 0. The van der Waals surface area contributed by atoms with Gasteiger partial charge in [0.15, 0.2) is 17.3 Å². The Hall–Kier alpha value is -1.51. The van der Waals surface area contributed by atoms with Gasteiger partial charge in [-0.2, -0.15) is 0 Å². The summed E-state index contributed by atoms with van der Waals surface area (Å²) in [5.74, 6) is -0.984. The van der Waals surface area contributed by atoms with Crippen molar-refractivity contribution in [3.63, 3.8) is 0 Å². The van der Waals surface area contributed by atoms with Crippen molar-refractivity contribution in [2.24, 2.45) is 5.41 Å². The van der Waals surface area contributed by atoms with Crippen LogP contribution in [0.25, 0.3) is 0 Å². The number of carbonyl (C=O) groups excluding carboxylic acids is 3. The number of allylic oxidation sites excluding steroid dienone is 4. The van der Waals surface area contributed by atoms with Crippen molar-refractivity contribution in [2.45, 2.75) is 20.8 Å². The Morgan fingerprint density at radius 1 is 1.14 bits per heavy atom. The lowest BCUT2D eigenvalue weighted by molar-refractivity contribution is -0.125. The molecule has 0 radical (unpaired) electrons. The van der Waals surface area contributed by atoms with Gasteiger partial charge >= 0.3 is 0 Å². The van der Waals surface area contributed by atoms with E-state index < -0.39 is 5.41 Å². The van der Waals surface area contributed by atoms with E-state index in [1.54, 1.807) is 20.8 Å². The third kappa shape index (κ3) is 2.05. The third-order valence-electron chi connectivity index (χ3n) is 1.88. The molecule has 1 rings (SSSR count). The van der Waals surface area contributed by atoms with E-state index in [0.717, 1.165) is 12.2 Å². The van der Waals surface area contributed by atoms with Crippen LogP contribution in [0.15, 0.2) is 23.8 Å². The molecule has 3 nitrogen and oxygen atoms in total. The molecule has 0 unspecified atom stereocenters. The average Bonchev–Trinajstić information content (AvgIpc) is 2.06. The van der Waals surface area contributed by atoms with E-state index in [4.69, 9.17) is 0 Å². The number of rotatable bonds is 1. The van der Waals surface area contributed by atoms with Crippen LogP contribution in [0, 0.1) is 5.41 Å². The molecule has 1 aliphatic carbocycles. The van der Waals surface area contributed by atoms with E-state index >= 15 is 0 Å². The average molecular weight is 192 g/mol. The number of ketones is 3. The van der Waals surface area contributed by atoms with Gasteiger partial charge in [0.05, 0.1) is 5.57 Å². The van der Waals surface area contributed by atoms with Gasteiger partial charge in [-0.15, -0.1) is 0 Å². The third-order valence-corrected chi connectivity index (χ3v) is 1.88. The van der Waals surface area contributed by atoms with E-state index in [-0.39, 0.29) is 22.9 Å². The van der Waals surface area contributed by atoms with Crippen LogP contribution in [0.3, 0.4) is 0 Å². The summed E-state index contributed by atoms with van der Waals surface area (Å²) in [5, 5.41) is 0. The molecule has 0 saturated carbocycles. The van der Waals surface area contributed by atoms with Crippen LogP contribution in [-0.4, -0.2) is 17.3 Å². The largest absolute Gasteiger partial charge is 0.293 e. The Morgan fingerprint density at radius 2 is 1.71 bits per heavy atom. The molecule has 0 N–H and O–H groups in total. The maximum atomic E-state index is 11.7. The molecule has 0 bridgehead atoms. The summed E-state index contributed by atoms with van der Waals surface area (Å²) < 4.78 is 0. The topological polar surface area (TPSA) is 51.2 Å². The fourth-order valence-electron chi connectivity index (χ4n) is 1.09. The lowest BCUT2D eigenvalue weighted by atomic mass is 9.83. The summed E-state index contributed by atoms with van der Waals surface area (Å²) in [4.78, 5) is 34.0. The molecule has 0 aromatic heterocycles. The molecule has 74 valence electrons. The first kappa shape index (κ1) is 10.6. The highest BCUT2D eigenvalue weighted by Gasteiger charge is 2.29. The Labute approximate surface area is 82.5 Å². The van der Waals surface area contributed by atoms with Crippen molar-refractivity contribution < 1.29 is 14.4 Å². The Balaban J connectivity index is 3.05. The van der Waals surface area contributed by atoms with Crippen LogP contribution in [0.5, 0.6) is 0 Å². The van der Waals surface area contributed by atoms with Gasteiger partial charge in [0.2, 0.25) is 0 Å². The Bertz CT molecular complexity index is 364. The molecule has 0 fully saturated rings. The highest BCUT2D eigenvalue weighted by Crippen LogP contribution is 2.21. The molecule has 0 spiro atoms.